The molecule has 7 heteroatoms. The maximum atomic E-state index is 6.14. The second-order valence-electron chi connectivity index (χ2n) is 7.59. The van der Waals surface area contributed by atoms with Gasteiger partial charge in [0.2, 0.25) is 0 Å². The molecule has 0 aliphatic carbocycles. The van der Waals surface area contributed by atoms with E-state index in [9.17, 15) is 0 Å². The fraction of sp³-hybridized carbons (Fsp3) is 0.273. The number of aromatic nitrogens is 2. The van der Waals surface area contributed by atoms with Crippen molar-refractivity contribution in [2.45, 2.75) is 13.1 Å². The number of nitrogens with zero attached hydrogens (tertiary/aromatic N) is 4. The van der Waals surface area contributed by atoms with Crippen molar-refractivity contribution < 1.29 is 0 Å². The van der Waals surface area contributed by atoms with Crippen LogP contribution >= 0.6 is 22.9 Å². The Bertz CT molecular complexity index is 1170. The largest absolute Gasteiger partial charge is 0.383 e. The van der Waals surface area contributed by atoms with Crippen molar-refractivity contribution >= 4 is 49.7 Å². The summed E-state index contributed by atoms with van der Waals surface area (Å²) in [5.41, 5.74) is 9.47. The Morgan fingerprint density at radius 1 is 0.897 bits per heavy atom. The van der Waals surface area contributed by atoms with Crippen molar-refractivity contribution in [2.24, 2.45) is 0 Å². The molecule has 0 bridgehead atoms. The Morgan fingerprint density at radius 3 is 2.34 bits per heavy atom. The standard InChI is InChI=1S/C22H22ClN5S/c23-21-11-17-3-1-16(10-20(17)29-21)13-28-7-5-27(6-8-28)12-15-2-4-18-19(9-15)25-14-26-22(18)24/h1-4,9-11,14H,5-8,12-13H2,(H2,24,25,26). The third kappa shape index (κ3) is 4.07. The minimum atomic E-state index is 0.540. The molecule has 5 rings (SSSR count). The van der Waals surface area contributed by atoms with Crippen LogP contribution in [-0.4, -0.2) is 45.9 Å². The lowest BCUT2D eigenvalue weighted by Crippen LogP contribution is -2.45. The van der Waals surface area contributed by atoms with E-state index in [4.69, 9.17) is 17.3 Å². The zero-order valence-electron chi connectivity index (χ0n) is 16.0. The quantitative estimate of drug-likeness (QED) is 0.527. The maximum Gasteiger partial charge on any atom is 0.134 e. The predicted octanol–water partition coefficient (Wildman–Crippen LogP) is 4.40. The first-order chi connectivity index (χ1) is 14.1. The maximum absolute atomic E-state index is 6.14. The number of anilines is 1. The topological polar surface area (TPSA) is 58.3 Å². The SMILES string of the molecule is Nc1ncnc2cc(CN3CCN(Cc4ccc5cc(Cl)sc5c4)CC3)ccc12. The van der Waals surface area contributed by atoms with Crippen LogP contribution in [0.3, 0.4) is 0 Å². The zero-order chi connectivity index (χ0) is 19.8. The smallest absolute Gasteiger partial charge is 0.134 e. The number of nitrogens with two attached hydrogens (primary N) is 1. The van der Waals surface area contributed by atoms with Crippen LogP contribution in [-0.2, 0) is 13.1 Å². The summed E-state index contributed by atoms with van der Waals surface area (Å²) in [5.74, 6) is 0.540. The molecule has 3 heterocycles. The summed E-state index contributed by atoms with van der Waals surface area (Å²) in [6, 6.07) is 15.0. The Hall–Kier alpha value is -2.25. The highest BCUT2D eigenvalue weighted by Gasteiger charge is 2.17. The van der Waals surface area contributed by atoms with Crippen LogP contribution < -0.4 is 5.73 Å². The van der Waals surface area contributed by atoms with Crippen molar-refractivity contribution in [2.75, 3.05) is 31.9 Å². The summed E-state index contributed by atoms with van der Waals surface area (Å²) in [7, 11) is 0. The number of nitrogen functional groups attached to an aromatic ring is 1. The molecule has 1 fully saturated rings. The summed E-state index contributed by atoms with van der Waals surface area (Å²) < 4.78 is 2.13. The minimum Gasteiger partial charge on any atom is -0.383 e. The third-order valence-electron chi connectivity index (χ3n) is 5.56. The number of halogens is 1. The van der Waals surface area contributed by atoms with E-state index in [-0.39, 0.29) is 0 Å². The van der Waals surface area contributed by atoms with Crippen molar-refractivity contribution in [1.82, 2.24) is 19.8 Å². The van der Waals surface area contributed by atoms with Gasteiger partial charge in [0.25, 0.3) is 0 Å². The van der Waals surface area contributed by atoms with Gasteiger partial charge in [0.05, 0.1) is 9.85 Å². The van der Waals surface area contributed by atoms with Gasteiger partial charge in [-0.2, -0.15) is 0 Å². The molecular weight excluding hydrogens is 402 g/mol. The highest BCUT2D eigenvalue weighted by molar-refractivity contribution is 7.22. The average Bonchev–Trinajstić information content (AvgIpc) is 3.09. The summed E-state index contributed by atoms with van der Waals surface area (Å²) in [6.45, 7) is 6.21. The van der Waals surface area contributed by atoms with E-state index < -0.39 is 0 Å². The number of hydrogen-bond donors (Lipinski definition) is 1. The van der Waals surface area contributed by atoms with Crippen molar-refractivity contribution in [3.63, 3.8) is 0 Å². The minimum absolute atomic E-state index is 0.540. The normalized spacial score (nSPS) is 16.0. The number of thiophene rings is 1. The zero-order valence-corrected chi connectivity index (χ0v) is 17.6. The Kier molecular flexibility index (Phi) is 5.09. The molecule has 5 nitrogen and oxygen atoms in total. The third-order valence-corrected chi connectivity index (χ3v) is 6.79. The number of fused-ring (bicyclic) bond motifs is 2. The molecular formula is C22H22ClN5S. The van der Waals surface area contributed by atoms with Gasteiger partial charge in [0.15, 0.2) is 0 Å². The van der Waals surface area contributed by atoms with Crippen LogP contribution in [0.15, 0.2) is 48.8 Å². The second-order valence-corrected chi connectivity index (χ2v) is 9.30. The molecule has 2 aromatic heterocycles. The monoisotopic (exact) mass is 423 g/mol. The molecule has 0 unspecified atom stereocenters. The van der Waals surface area contributed by atoms with Crippen LogP contribution in [0.4, 0.5) is 5.82 Å². The van der Waals surface area contributed by atoms with Gasteiger partial charge in [-0.15, -0.1) is 11.3 Å². The molecule has 0 radical (unpaired) electrons. The summed E-state index contributed by atoms with van der Waals surface area (Å²) in [6.07, 6.45) is 1.53. The fourth-order valence-electron chi connectivity index (χ4n) is 3.99. The van der Waals surface area contributed by atoms with Gasteiger partial charge in [-0.05, 0) is 40.8 Å². The van der Waals surface area contributed by atoms with Gasteiger partial charge in [-0.3, -0.25) is 9.80 Å². The Labute approximate surface area is 178 Å². The number of piperazine rings is 1. The molecule has 148 valence electrons. The molecule has 1 aliphatic rings. The first-order valence-electron chi connectivity index (χ1n) is 9.76. The second kappa shape index (κ2) is 7.88. The molecule has 4 aromatic rings. The first-order valence-corrected chi connectivity index (χ1v) is 11.0. The van der Waals surface area contributed by atoms with Crippen molar-refractivity contribution in [3.8, 4) is 0 Å². The summed E-state index contributed by atoms with van der Waals surface area (Å²) >= 11 is 7.79. The van der Waals surface area contributed by atoms with Gasteiger partial charge in [-0.25, -0.2) is 9.97 Å². The van der Waals surface area contributed by atoms with E-state index in [0.717, 1.165) is 54.5 Å². The van der Waals surface area contributed by atoms with Crippen LogP contribution in [0.25, 0.3) is 21.0 Å². The van der Waals surface area contributed by atoms with Crippen LogP contribution in [0.5, 0.6) is 0 Å². The molecule has 1 aliphatic heterocycles. The molecule has 2 aromatic carbocycles. The lowest BCUT2D eigenvalue weighted by atomic mass is 10.1. The number of hydrogen-bond acceptors (Lipinski definition) is 6. The lowest BCUT2D eigenvalue weighted by Gasteiger charge is -2.34. The van der Waals surface area contributed by atoms with Gasteiger partial charge < -0.3 is 5.73 Å². The van der Waals surface area contributed by atoms with E-state index in [2.05, 4.69) is 50.1 Å². The molecule has 0 spiro atoms. The molecule has 0 atom stereocenters. The van der Waals surface area contributed by atoms with Gasteiger partial charge in [0.1, 0.15) is 12.1 Å². The van der Waals surface area contributed by atoms with Crippen LogP contribution in [0.2, 0.25) is 4.34 Å². The Balaban J connectivity index is 1.20. The van der Waals surface area contributed by atoms with Gasteiger partial charge in [0, 0.05) is 49.4 Å². The van der Waals surface area contributed by atoms with E-state index in [1.165, 1.54) is 27.5 Å². The highest BCUT2D eigenvalue weighted by Crippen LogP contribution is 2.30. The van der Waals surface area contributed by atoms with Gasteiger partial charge >= 0.3 is 0 Å². The average molecular weight is 424 g/mol. The van der Waals surface area contributed by atoms with Crippen molar-refractivity contribution in [3.05, 3.63) is 64.3 Å². The van der Waals surface area contributed by atoms with E-state index in [1.54, 1.807) is 11.3 Å². The fourth-order valence-corrected chi connectivity index (χ4v) is 5.20. The van der Waals surface area contributed by atoms with E-state index >= 15 is 0 Å². The van der Waals surface area contributed by atoms with Gasteiger partial charge in [-0.1, -0.05) is 29.8 Å². The molecule has 0 saturated carbocycles. The summed E-state index contributed by atoms with van der Waals surface area (Å²) in [4.78, 5) is 13.4. The molecule has 29 heavy (non-hydrogen) atoms. The summed E-state index contributed by atoms with van der Waals surface area (Å²) in [5, 5.41) is 2.15. The first kappa shape index (κ1) is 18.8. The highest BCUT2D eigenvalue weighted by atomic mass is 35.5. The molecule has 2 N–H and O–H groups in total. The Morgan fingerprint density at radius 2 is 1.59 bits per heavy atom. The van der Waals surface area contributed by atoms with E-state index in [1.807, 2.05) is 12.1 Å². The molecule has 1 saturated heterocycles. The lowest BCUT2D eigenvalue weighted by molar-refractivity contribution is 0.122. The van der Waals surface area contributed by atoms with Crippen LogP contribution in [0.1, 0.15) is 11.1 Å². The number of benzene rings is 2. The molecule has 0 amide bonds. The number of rotatable bonds is 4. The van der Waals surface area contributed by atoms with Crippen molar-refractivity contribution in [1.29, 1.82) is 0 Å². The predicted molar refractivity (Wildman–Crippen MR) is 121 cm³/mol. The van der Waals surface area contributed by atoms with Crippen LogP contribution in [0, 0.1) is 0 Å². The van der Waals surface area contributed by atoms with E-state index in [0.29, 0.717) is 5.82 Å².